The molecule has 0 aliphatic carbocycles. The maximum absolute atomic E-state index is 12.9. The molecular formula is C18H24N2O6. The monoisotopic (exact) mass is 364 g/mol. The minimum atomic E-state index is -0.857. The zero-order chi connectivity index (χ0) is 19.4. The highest BCUT2D eigenvalue weighted by Crippen LogP contribution is 2.39. The van der Waals surface area contributed by atoms with Crippen molar-refractivity contribution in [1.82, 2.24) is 0 Å². The maximum atomic E-state index is 12.9. The molecule has 0 spiro atoms. The van der Waals surface area contributed by atoms with Gasteiger partial charge in [0.15, 0.2) is 11.9 Å². The predicted octanol–water partition coefficient (Wildman–Crippen LogP) is 3.08. The van der Waals surface area contributed by atoms with E-state index in [1.54, 1.807) is 6.92 Å². The molecule has 1 heterocycles. The van der Waals surface area contributed by atoms with Crippen molar-refractivity contribution in [2.45, 2.75) is 52.7 Å². The van der Waals surface area contributed by atoms with Gasteiger partial charge in [-0.2, -0.15) is 0 Å². The molecule has 8 nitrogen and oxygen atoms in total. The summed E-state index contributed by atoms with van der Waals surface area (Å²) in [6, 6.07) is 3.13. The Balaban J connectivity index is 2.38. The largest absolute Gasteiger partial charge is 0.478 e. The molecule has 0 N–H and O–H groups in total. The Hall–Kier alpha value is -2.64. The number of non-ortho nitro benzene ring substituents is 1. The molecule has 1 aliphatic rings. The number of esters is 1. The third-order valence-electron chi connectivity index (χ3n) is 4.22. The van der Waals surface area contributed by atoms with E-state index in [4.69, 9.17) is 9.47 Å². The van der Waals surface area contributed by atoms with Crippen molar-refractivity contribution in [3.63, 3.8) is 0 Å². The number of hydrogen-bond acceptors (Lipinski definition) is 6. The van der Waals surface area contributed by atoms with Gasteiger partial charge in [-0.25, -0.2) is 4.79 Å². The first-order chi connectivity index (χ1) is 12.3. The van der Waals surface area contributed by atoms with Gasteiger partial charge in [0.25, 0.3) is 11.6 Å². The molecule has 2 unspecified atom stereocenters. The molecule has 0 fully saturated rings. The molecule has 0 bridgehead atoms. The summed E-state index contributed by atoms with van der Waals surface area (Å²) in [6.07, 6.45) is 0.808. The van der Waals surface area contributed by atoms with Gasteiger partial charge < -0.3 is 9.47 Å². The highest BCUT2D eigenvalue weighted by atomic mass is 16.6. The molecule has 1 aromatic rings. The minimum Gasteiger partial charge on any atom is -0.478 e. The van der Waals surface area contributed by atoms with Crippen LogP contribution in [0.5, 0.6) is 5.75 Å². The normalized spacial score (nSPS) is 17.5. The summed E-state index contributed by atoms with van der Waals surface area (Å²) >= 11 is 0. The SMILES string of the molecule is CCCCOC(=O)C(C)N1C(=O)C(C(C)C)Oc2cc([N+](=O)[O-])ccc21. The second-order valence-corrected chi connectivity index (χ2v) is 6.60. The Morgan fingerprint density at radius 2 is 2.08 bits per heavy atom. The predicted molar refractivity (Wildman–Crippen MR) is 95.2 cm³/mol. The van der Waals surface area contributed by atoms with E-state index in [0.29, 0.717) is 12.3 Å². The maximum Gasteiger partial charge on any atom is 0.328 e. The van der Waals surface area contributed by atoms with Crippen LogP contribution in [0.1, 0.15) is 40.5 Å². The number of nitro groups is 1. The van der Waals surface area contributed by atoms with Crippen LogP contribution in [0.2, 0.25) is 0 Å². The van der Waals surface area contributed by atoms with Crippen LogP contribution in [0.25, 0.3) is 0 Å². The number of nitro benzene ring substituents is 1. The number of fused-ring (bicyclic) bond motifs is 1. The number of benzene rings is 1. The summed E-state index contributed by atoms with van der Waals surface area (Å²) in [5.41, 5.74) is 0.191. The first kappa shape index (κ1) is 19.7. The molecule has 8 heteroatoms. The van der Waals surface area contributed by atoms with E-state index in [1.165, 1.54) is 23.1 Å². The lowest BCUT2D eigenvalue weighted by Crippen LogP contribution is -2.54. The lowest BCUT2D eigenvalue weighted by Gasteiger charge is -2.38. The van der Waals surface area contributed by atoms with Crippen molar-refractivity contribution in [3.8, 4) is 5.75 Å². The molecule has 1 aromatic carbocycles. The number of rotatable bonds is 7. The molecule has 1 aliphatic heterocycles. The first-order valence-corrected chi connectivity index (χ1v) is 8.72. The molecule has 0 aromatic heterocycles. The highest BCUT2D eigenvalue weighted by molar-refractivity contribution is 6.04. The fourth-order valence-electron chi connectivity index (χ4n) is 2.72. The Morgan fingerprint density at radius 1 is 1.38 bits per heavy atom. The van der Waals surface area contributed by atoms with Crippen LogP contribution in [0, 0.1) is 16.0 Å². The van der Waals surface area contributed by atoms with Crippen LogP contribution in [-0.2, 0) is 14.3 Å². The van der Waals surface area contributed by atoms with E-state index < -0.39 is 23.0 Å². The topological polar surface area (TPSA) is 99.0 Å². The number of ether oxygens (including phenoxy) is 2. The third-order valence-corrected chi connectivity index (χ3v) is 4.22. The van der Waals surface area contributed by atoms with Crippen molar-refractivity contribution >= 4 is 23.3 Å². The summed E-state index contributed by atoms with van der Waals surface area (Å²) in [4.78, 5) is 37.1. The van der Waals surface area contributed by atoms with Crippen LogP contribution < -0.4 is 9.64 Å². The highest BCUT2D eigenvalue weighted by Gasteiger charge is 2.41. The van der Waals surface area contributed by atoms with E-state index in [9.17, 15) is 19.7 Å². The third kappa shape index (κ3) is 3.95. The molecule has 0 radical (unpaired) electrons. The molecular weight excluding hydrogens is 340 g/mol. The van der Waals surface area contributed by atoms with Gasteiger partial charge in [0.2, 0.25) is 0 Å². The van der Waals surface area contributed by atoms with Crippen molar-refractivity contribution in [3.05, 3.63) is 28.3 Å². The first-order valence-electron chi connectivity index (χ1n) is 8.72. The Morgan fingerprint density at radius 3 is 2.65 bits per heavy atom. The van der Waals surface area contributed by atoms with Gasteiger partial charge in [0, 0.05) is 6.07 Å². The van der Waals surface area contributed by atoms with Gasteiger partial charge >= 0.3 is 5.97 Å². The summed E-state index contributed by atoms with van der Waals surface area (Å²) in [5.74, 6) is -0.826. The second-order valence-electron chi connectivity index (χ2n) is 6.60. The number of unbranched alkanes of at least 4 members (excludes halogenated alkanes) is 1. The summed E-state index contributed by atoms with van der Waals surface area (Å²) in [5, 5.41) is 11.0. The number of carbonyl (C=O) groups excluding carboxylic acids is 2. The fourth-order valence-corrected chi connectivity index (χ4v) is 2.72. The lowest BCUT2D eigenvalue weighted by atomic mass is 10.0. The number of anilines is 1. The fraction of sp³-hybridized carbons (Fsp3) is 0.556. The average molecular weight is 364 g/mol. The zero-order valence-electron chi connectivity index (χ0n) is 15.4. The van der Waals surface area contributed by atoms with Crippen LogP contribution in [0.4, 0.5) is 11.4 Å². The van der Waals surface area contributed by atoms with Crippen LogP contribution in [0.15, 0.2) is 18.2 Å². The van der Waals surface area contributed by atoms with Crippen molar-refractivity contribution in [1.29, 1.82) is 0 Å². The quantitative estimate of drug-likeness (QED) is 0.319. The number of hydrogen-bond donors (Lipinski definition) is 0. The molecule has 2 atom stereocenters. The molecule has 1 amide bonds. The van der Waals surface area contributed by atoms with E-state index >= 15 is 0 Å². The molecule has 0 saturated carbocycles. The summed E-state index contributed by atoms with van der Waals surface area (Å²) in [7, 11) is 0. The van der Waals surface area contributed by atoms with Crippen LogP contribution in [0.3, 0.4) is 0 Å². The van der Waals surface area contributed by atoms with E-state index in [1.807, 2.05) is 20.8 Å². The minimum absolute atomic E-state index is 0.140. The number of nitrogens with zero attached hydrogens (tertiary/aromatic N) is 2. The summed E-state index contributed by atoms with van der Waals surface area (Å²) in [6.45, 7) is 7.48. The lowest BCUT2D eigenvalue weighted by molar-refractivity contribution is -0.384. The van der Waals surface area contributed by atoms with Gasteiger partial charge in [-0.05, 0) is 25.3 Å². The van der Waals surface area contributed by atoms with Crippen LogP contribution >= 0.6 is 0 Å². The van der Waals surface area contributed by atoms with Gasteiger partial charge in [-0.3, -0.25) is 19.8 Å². The Labute approximate surface area is 152 Å². The van der Waals surface area contributed by atoms with E-state index in [2.05, 4.69) is 0 Å². The molecule has 2 rings (SSSR count). The van der Waals surface area contributed by atoms with E-state index in [-0.39, 0.29) is 23.3 Å². The van der Waals surface area contributed by atoms with E-state index in [0.717, 1.165) is 12.8 Å². The van der Waals surface area contributed by atoms with Gasteiger partial charge in [0.05, 0.1) is 23.3 Å². The van der Waals surface area contributed by atoms with Crippen LogP contribution in [-0.4, -0.2) is 35.6 Å². The smallest absolute Gasteiger partial charge is 0.328 e. The van der Waals surface area contributed by atoms with Crippen molar-refractivity contribution in [2.24, 2.45) is 5.92 Å². The molecule has 0 saturated heterocycles. The zero-order valence-corrected chi connectivity index (χ0v) is 15.4. The number of carbonyl (C=O) groups is 2. The van der Waals surface area contributed by atoms with Crippen molar-refractivity contribution < 1.29 is 24.0 Å². The average Bonchev–Trinajstić information content (AvgIpc) is 2.60. The number of amides is 1. The second kappa shape index (κ2) is 8.16. The standard InChI is InChI=1S/C18H24N2O6/c1-5-6-9-25-18(22)12(4)19-14-8-7-13(20(23)24)10-15(14)26-16(11(2)3)17(19)21/h7-8,10-12,16H,5-6,9H2,1-4H3. The van der Waals surface area contributed by atoms with Gasteiger partial charge in [0.1, 0.15) is 6.04 Å². The van der Waals surface area contributed by atoms with Crippen molar-refractivity contribution in [2.75, 3.05) is 11.5 Å². The molecule has 26 heavy (non-hydrogen) atoms. The van der Waals surface area contributed by atoms with Gasteiger partial charge in [-0.1, -0.05) is 27.2 Å². The Kier molecular flexibility index (Phi) is 6.18. The summed E-state index contributed by atoms with van der Waals surface area (Å²) < 4.78 is 10.9. The Bertz CT molecular complexity index is 703. The molecule has 142 valence electrons. The van der Waals surface area contributed by atoms with Gasteiger partial charge in [-0.15, -0.1) is 0 Å².